The van der Waals surface area contributed by atoms with Gasteiger partial charge >= 0.3 is 5.97 Å². The molecular weight excluding hydrogens is 386 g/mol. The Kier molecular flexibility index (Phi) is 8.44. The third-order valence-electron chi connectivity index (χ3n) is 4.19. The molecule has 2 atom stereocenters. The van der Waals surface area contributed by atoms with Crippen LogP contribution in [0.25, 0.3) is 0 Å². The first-order valence-electron chi connectivity index (χ1n) is 9.44. The van der Waals surface area contributed by atoms with E-state index >= 15 is 0 Å². The molecule has 0 saturated carbocycles. The molecule has 30 heavy (non-hydrogen) atoms. The van der Waals surface area contributed by atoms with E-state index in [0.29, 0.717) is 25.2 Å². The van der Waals surface area contributed by atoms with Crippen LogP contribution in [0.2, 0.25) is 0 Å². The summed E-state index contributed by atoms with van der Waals surface area (Å²) in [7, 11) is 0. The molecule has 9 nitrogen and oxygen atoms in total. The maximum atomic E-state index is 11.8. The average molecular weight is 409 g/mol. The Bertz CT molecular complexity index is 920. The second kappa shape index (κ2) is 11.3. The summed E-state index contributed by atoms with van der Waals surface area (Å²) in [6, 6.07) is 15.5. The summed E-state index contributed by atoms with van der Waals surface area (Å²) < 4.78 is 4.98. The number of hydrogen-bond donors (Lipinski definition) is 1. The predicted octanol–water partition coefficient (Wildman–Crippen LogP) is 4.42. The van der Waals surface area contributed by atoms with Gasteiger partial charge in [0.05, 0.1) is 23.1 Å². The Balaban J connectivity index is 1.75. The lowest BCUT2D eigenvalue weighted by atomic mass is 10.1. The zero-order valence-corrected chi connectivity index (χ0v) is 16.8. The molecule has 0 saturated heterocycles. The van der Waals surface area contributed by atoms with E-state index in [4.69, 9.17) is 10.00 Å². The van der Waals surface area contributed by atoms with Crippen molar-refractivity contribution in [1.82, 2.24) is 0 Å². The summed E-state index contributed by atoms with van der Waals surface area (Å²) in [6.07, 6.45) is -0.0530. The largest absolute Gasteiger partial charge is 0.447 e. The van der Waals surface area contributed by atoms with Crippen molar-refractivity contribution in [2.24, 2.45) is 16.1 Å². The minimum absolute atomic E-state index is 0.0191. The first-order valence-corrected chi connectivity index (χ1v) is 9.44. The van der Waals surface area contributed by atoms with E-state index in [1.165, 1.54) is 19.1 Å². The van der Waals surface area contributed by atoms with Crippen LogP contribution in [0.15, 0.2) is 58.8 Å². The smallest absolute Gasteiger partial charge is 0.311 e. The van der Waals surface area contributed by atoms with E-state index < -0.39 is 17.0 Å². The van der Waals surface area contributed by atoms with Gasteiger partial charge in [-0.1, -0.05) is 19.1 Å². The maximum absolute atomic E-state index is 11.8. The topological polar surface area (TPSA) is 130 Å². The van der Waals surface area contributed by atoms with Crippen LogP contribution in [0.4, 0.5) is 17.1 Å². The standard InChI is InChI=1S/C21H23N5O4/c1-15(21(27)30-16(2)13-22)14-23-18-5-3-17(4-6-18)11-12-24-25-19-7-9-20(10-8-19)26(28)29/h3-10,15-16,23H,11-12,14H2,1-2H3. The number of carbonyl (C=O) groups is 1. The van der Waals surface area contributed by atoms with Crippen LogP contribution in [-0.4, -0.2) is 30.1 Å². The minimum Gasteiger partial charge on any atom is -0.447 e. The second-order valence-electron chi connectivity index (χ2n) is 6.68. The number of nitro benzene ring substituents is 1. The first-order chi connectivity index (χ1) is 14.4. The average Bonchev–Trinajstić information content (AvgIpc) is 2.76. The van der Waals surface area contributed by atoms with Crippen LogP contribution >= 0.6 is 0 Å². The molecule has 0 aliphatic heterocycles. The molecule has 0 aromatic heterocycles. The number of non-ortho nitro benzene ring substituents is 1. The zero-order valence-electron chi connectivity index (χ0n) is 16.8. The number of nitro groups is 1. The summed E-state index contributed by atoms with van der Waals surface area (Å²) >= 11 is 0. The monoisotopic (exact) mass is 409 g/mol. The van der Waals surface area contributed by atoms with E-state index in [-0.39, 0.29) is 11.6 Å². The Morgan fingerprint density at radius 1 is 1.20 bits per heavy atom. The minimum atomic E-state index is -0.753. The molecule has 0 amide bonds. The van der Waals surface area contributed by atoms with Gasteiger partial charge in [0.15, 0.2) is 6.10 Å². The first kappa shape index (κ1) is 22.5. The van der Waals surface area contributed by atoms with Crippen molar-refractivity contribution >= 4 is 23.0 Å². The molecule has 0 bridgehead atoms. The molecule has 0 spiro atoms. The molecule has 156 valence electrons. The van der Waals surface area contributed by atoms with Crippen molar-refractivity contribution in [2.75, 3.05) is 18.4 Å². The number of hydrogen-bond acceptors (Lipinski definition) is 8. The summed E-state index contributed by atoms with van der Waals surface area (Å²) in [5.74, 6) is -0.785. The van der Waals surface area contributed by atoms with Gasteiger partial charge in [-0.3, -0.25) is 14.9 Å². The van der Waals surface area contributed by atoms with Crippen LogP contribution in [0.3, 0.4) is 0 Å². The number of carbonyl (C=O) groups excluding carboxylic acids is 1. The number of ether oxygens (including phenoxy) is 1. The van der Waals surface area contributed by atoms with E-state index in [1.54, 1.807) is 19.1 Å². The highest BCUT2D eigenvalue weighted by atomic mass is 16.6. The van der Waals surface area contributed by atoms with E-state index in [9.17, 15) is 14.9 Å². The third kappa shape index (κ3) is 7.31. The highest BCUT2D eigenvalue weighted by molar-refractivity contribution is 5.73. The Morgan fingerprint density at radius 2 is 1.87 bits per heavy atom. The summed E-state index contributed by atoms with van der Waals surface area (Å²) in [4.78, 5) is 22.0. The molecule has 2 aromatic rings. The number of nitrogens with zero attached hydrogens (tertiary/aromatic N) is 4. The van der Waals surface area contributed by atoms with Crippen LogP contribution in [0.1, 0.15) is 19.4 Å². The highest BCUT2D eigenvalue weighted by Crippen LogP contribution is 2.18. The summed E-state index contributed by atoms with van der Waals surface area (Å²) in [6.45, 7) is 4.16. The molecule has 0 aliphatic rings. The zero-order chi connectivity index (χ0) is 21.9. The molecule has 0 radical (unpaired) electrons. The number of benzene rings is 2. The second-order valence-corrected chi connectivity index (χ2v) is 6.68. The SMILES string of the molecule is CC(C#N)OC(=O)C(C)CNc1ccc(CCN=Nc2ccc([N+](=O)[O-])cc2)cc1. The number of rotatable bonds is 10. The van der Waals surface area contributed by atoms with E-state index in [1.807, 2.05) is 30.3 Å². The van der Waals surface area contributed by atoms with Crippen molar-refractivity contribution in [1.29, 1.82) is 5.26 Å². The Hall–Kier alpha value is -3.80. The number of azo groups is 1. The Morgan fingerprint density at radius 3 is 2.47 bits per heavy atom. The lowest BCUT2D eigenvalue weighted by molar-refractivity contribution is -0.384. The van der Waals surface area contributed by atoms with Gasteiger partial charge in [-0.15, -0.1) is 0 Å². The number of nitriles is 1. The van der Waals surface area contributed by atoms with Crippen LogP contribution in [0, 0.1) is 27.4 Å². The highest BCUT2D eigenvalue weighted by Gasteiger charge is 2.16. The molecule has 0 heterocycles. The van der Waals surface area contributed by atoms with Crippen molar-refractivity contribution in [3.63, 3.8) is 0 Å². The van der Waals surface area contributed by atoms with Crippen molar-refractivity contribution in [3.05, 3.63) is 64.2 Å². The van der Waals surface area contributed by atoms with Crippen molar-refractivity contribution in [2.45, 2.75) is 26.4 Å². The molecule has 2 aromatic carbocycles. The van der Waals surface area contributed by atoms with Crippen LogP contribution in [0.5, 0.6) is 0 Å². The molecule has 9 heteroatoms. The lowest BCUT2D eigenvalue weighted by Crippen LogP contribution is -2.25. The summed E-state index contributed by atoms with van der Waals surface area (Å²) in [5, 5.41) is 30.6. The van der Waals surface area contributed by atoms with Gasteiger partial charge in [0.1, 0.15) is 6.07 Å². The predicted molar refractivity (Wildman–Crippen MR) is 111 cm³/mol. The maximum Gasteiger partial charge on any atom is 0.311 e. The molecule has 1 N–H and O–H groups in total. The molecule has 2 rings (SSSR count). The van der Waals surface area contributed by atoms with Crippen LogP contribution in [-0.2, 0) is 16.0 Å². The molecular formula is C21H23N5O4. The Labute approximate surface area is 174 Å². The van der Waals surface area contributed by atoms with E-state index in [0.717, 1.165) is 11.3 Å². The van der Waals surface area contributed by atoms with Crippen LogP contribution < -0.4 is 5.32 Å². The van der Waals surface area contributed by atoms with Gasteiger partial charge < -0.3 is 10.1 Å². The van der Waals surface area contributed by atoms with Gasteiger partial charge in [-0.2, -0.15) is 15.5 Å². The normalized spacial score (nSPS) is 12.7. The number of anilines is 1. The van der Waals surface area contributed by atoms with Gasteiger partial charge in [0, 0.05) is 24.4 Å². The molecule has 0 aliphatic carbocycles. The van der Waals surface area contributed by atoms with Gasteiger partial charge in [0.2, 0.25) is 0 Å². The van der Waals surface area contributed by atoms with Gasteiger partial charge in [-0.25, -0.2) is 0 Å². The number of esters is 1. The molecule has 2 unspecified atom stereocenters. The fraction of sp³-hybridized carbons (Fsp3) is 0.333. The lowest BCUT2D eigenvalue weighted by Gasteiger charge is -2.14. The fourth-order valence-corrected chi connectivity index (χ4v) is 2.41. The van der Waals surface area contributed by atoms with Gasteiger partial charge in [-0.05, 0) is 43.2 Å². The quantitative estimate of drug-likeness (QED) is 0.267. The molecule has 0 fully saturated rings. The number of nitrogens with one attached hydrogen (secondary N) is 1. The van der Waals surface area contributed by atoms with Crippen molar-refractivity contribution in [3.8, 4) is 6.07 Å². The fourth-order valence-electron chi connectivity index (χ4n) is 2.41. The van der Waals surface area contributed by atoms with E-state index in [2.05, 4.69) is 15.5 Å². The third-order valence-corrected chi connectivity index (χ3v) is 4.19. The van der Waals surface area contributed by atoms with Crippen molar-refractivity contribution < 1.29 is 14.5 Å². The summed E-state index contributed by atoms with van der Waals surface area (Å²) in [5.41, 5.74) is 2.54. The van der Waals surface area contributed by atoms with Gasteiger partial charge in [0.25, 0.3) is 5.69 Å².